The normalized spacial score (nSPS) is 16.1. The Hall–Kier alpha value is -2.71. The number of rotatable bonds is 6. The summed E-state index contributed by atoms with van der Waals surface area (Å²) >= 11 is 0. The van der Waals surface area contributed by atoms with Crippen LogP contribution in [-0.2, 0) is 25.0 Å². The summed E-state index contributed by atoms with van der Waals surface area (Å²) in [6.07, 6.45) is 0.921. The molecule has 1 N–H and O–H groups in total. The highest BCUT2D eigenvalue weighted by molar-refractivity contribution is 7.89. The number of sulfonamides is 1. The third-order valence-corrected chi connectivity index (χ3v) is 7.11. The number of likely N-dealkylation sites (tertiary alicyclic amines) is 1. The summed E-state index contributed by atoms with van der Waals surface area (Å²) in [7, 11) is -2.18. The summed E-state index contributed by atoms with van der Waals surface area (Å²) in [5.41, 5.74) is 0.536. The Labute approximate surface area is 177 Å². The average molecular weight is 431 g/mol. The van der Waals surface area contributed by atoms with Crippen molar-refractivity contribution in [3.8, 4) is 0 Å². The molecule has 0 unspecified atom stereocenters. The van der Waals surface area contributed by atoms with Gasteiger partial charge in [-0.15, -0.1) is 0 Å². The molecule has 0 bridgehead atoms. The lowest BCUT2D eigenvalue weighted by atomic mass is 9.72. The first-order valence-electron chi connectivity index (χ1n) is 9.87. The number of piperidine rings is 1. The highest BCUT2D eigenvalue weighted by Crippen LogP contribution is 2.37. The van der Waals surface area contributed by atoms with Gasteiger partial charge >= 0.3 is 5.97 Å². The molecule has 1 aliphatic rings. The first-order chi connectivity index (χ1) is 14.3. The molecule has 3 rings (SSSR count). The number of carbonyl (C=O) groups is 2. The standard InChI is InChI=1S/C22H26N2O5S/c1-3-23-30(27,28)19-11-9-17(10-12-19)20(25)24-15-13-22(14-16-24,21(26)29-2)18-7-5-4-6-8-18/h4-12,23H,3,13-16H2,1-2H3. The van der Waals surface area contributed by atoms with E-state index in [0.29, 0.717) is 38.0 Å². The van der Waals surface area contributed by atoms with E-state index in [9.17, 15) is 18.0 Å². The Morgan fingerprint density at radius 1 is 1.03 bits per heavy atom. The Morgan fingerprint density at radius 3 is 2.17 bits per heavy atom. The molecule has 8 heteroatoms. The lowest BCUT2D eigenvalue weighted by molar-refractivity contribution is -0.149. The molecule has 0 saturated carbocycles. The zero-order chi connectivity index (χ0) is 21.8. The van der Waals surface area contributed by atoms with Crippen molar-refractivity contribution < 1.29 is 22.7 Å². The molecular weight excluding hydrogens is 404 g/mol. The van der Waals surface area contributed by atoms with Gasteiger partial charge in [0.15, 0.2) is 0 Å². The van der Waals surface area contributed by atoms with Crippen molar-refractivity contribution in [2.75, 3.05) is 26.7 Å². The number of amides is 1. The van der Waals surface area contributed by atoms with E-state index in [1.165, 1.54) is 31.4 Å². The SMILES string of the molecule is CCNS(=O)(=O)c1ccc(C(=O)N2CCC(C(=O)OC)(c3ccccc3)CC2)cc1. The molecule has 1 aliphatic heterocycles. The van der Waals surface area contributed by atoms with Gasteiger partial charge in [-0.1, -0.05) is 37.3 Å². The van der Waals surface area contributed by atoms with E-state index < -0.39 is 15.4 Å². The maximum atomic E-state index is 12.9. The molecule has 0 aromatic heterocycles. The molecular formula is C22H26N2O5S. The molecule has 1 saturated heterocycles. The highest BCUT2D eigenvalue weighted by Gasteiger charge is 2.44. The average Bonchev–Trinajstić information content (AvgIpc) is 2.78. The second-order valence-corrected chi connectivity index (χ2v) is 9.02. The topological polar surface area (TPSA) is 92.8 Å². The number of nitrogens with one attached hydrogen (secondary N) is 1. The number of methoxy groups -OCH3 is 1. The van der Waals surface area contributed by atoms with Gasteiger partial charge in [0, 0.05) is 25.2 Å². The zero-order valence-corrected chi connectivity index (χ0v) is 17.9. The van der Waals surface area contributed by atoms with Gasteiger partial charge in [0.1, 0.15) is 0 Å². The van der Waals surface area contributed by atoms with E-state index in [2.05, 4.69) is 4.72 Å². The minimum atomic E-state index is -3.56. The third-order valence-electron chi connectivity index (χ3n) is 5.55. The van der Waals surface area contributed by atoms with Crippen molar-refractivity contribution in [3.05, 3.63) is 65.7 Å². The van der Waals surface area contributed by atoms with Crippen molar-refractivity contribution in [1.82, 2.24) is 9.62 Å². The van der Waals surface area contributed by atoms with Crippen molar-refractivity contribution >= 4 is 21.9 Å². The molecule has 0 aliphatic carbocycles. The Morgan fingerprint density at radius 2 is 1.63 bits per heavy atom. The molecule has 0 radical (unpaired) electrons. The smallest absolute Gasteiger partial charge is 0.316 e. The molecule has 2 aromatic rings. The van der Waals surface area contributed by atoms with E-state index in [4.69, 9.17) is 4.74 Å². The second kappa shape index (κ2) is 8.97. The minimum Gasteiger partial charge on any atom is -0.468 e. The molecule has 30 heavy (non-hydrogen) atoms. The summed E-state index contributed by atoms with van der Waals surface area (Å²) in [6, 6.07) is 15.4. The van der Waals surface area contributed by atoms with Crippen LogP contribution in [0.25, 0.3) is 0 Å². The van der Waals surface area contributed by atoms with Crippen LogP contribution in [0.4, 0.5) is 0 Å². The lowest BCUT2D eigenvalue weighted by Crippen LogP contribution is -2.49. The van der Waals surface area contributed by atoms with Crippen LogP contribution < -0.4 is 4.72 Å². The van der Waals surface area contributed by atoms with Gasteiger partial charge in [0.2, 0.25) is 10.0 Å². The first kappa shape index (κ1) is 22.0. The summed E-state index contributed by atoms with van der Waals surface area (Å²) in [4.78, 5) is 27.4. The van der Waals surface area contributed by atoms with Gasteiger partial charge < -0.3 is 9.64 Å². The second-order valence-electron chi connectivity index (χ2n) is 7.26. The fourth-order valence-corrected chi connectivity index (χ4v) is 4.93. The van der Waals surface area contributed by atoms with Crippen LogP contribution in [0, 0.1) is 0 Å². The maximum absolute atomic E-state index is 12.9. The number of esters is 1. The molecule has 2 aromatic carbocycles. The van der Waals surface area contributed by atoms with E-state index in [1.807, 2.05) is 30.3 Å². The zero-order valence-electron chi connectivity index (χ0n) is 17.1. The predicted molar refractivity (Wildman–Crippen MR) is 113 cm³/mol. The number of benzene rings is 2. The Balaban J connectivity index is 1.75. The fraction of sp³-hybridized carbons (Fsp3) is 0.364. The van der Waals surface area contributed by atoms with Crippen molar-refractivity contribution in [3.63, 3.8) is 0 Å². The minimum absolute atomic E-state index is 0.119. The Bertz CT molecular complexity index is 996. The summed E-state index contributed by atoms with van der Waals surface area (Å²) in [6.45, 7) is 2.80. The summed E-state index contributed by atoms with van der Waals surface area (Å²) in [5, 5.41) is 0. The van der Waals surface area contributed by atoms with E-state index in [-0.39, 0.29) is 16.8 Å². The number of hydrogen-bond donors (Lipinski definition) is 1. The van der Waals surface area contributed by atoms with Gasteiger partial charge in [0.05, 0.1) is 17.4 Å². The quantitative estimate of drug-likeness (QED) is 0.710. The molecule has 0 spiro atoms. The number of nitrogens with zero attached hydrogens (tertiary/aromatic N) is 1. The van der Waals surface area contributed by atoms with Gasteiger partial charge in [-0.25, -0.2) is 13.1 Å². The van der Waals surface area contributed by atoms with E-state index in [0.717, 1.165) is 5.56 Å². The summed E-state index contributed by atoms with van der Waals surface area (Å²) in [5.74, 6) is -0.479. The van der Waals surface area contributed by atoms with Gasteiger partial charge in [-0.05, 0) is 42.7 Å². The first-order valence-corrected chi connectivity index (χ1v) is 11.4. The van der Waals surface area contributed by atoms with Crippen molar-refractivity contribution in [2.24, 2.45) is 0 Å². The Kier molecular flexibility index (Phi) is 6.58. The van der Waals surface area contributed by atoms with Crippen LogP contribution in [0.3, 0.4) is 0 Å². The highest BCUT2D eigenvalue weighted by atomic mass is 32.2. The van der Waals surface area contributed by atoms with Crippen LogP contribution in [0.1, 0.15) is 35.7 Å². The largest absolute Gasteiger partial charge is 0.468 e. The summed E-state index contributed by atoms with van der Waals surface area (Å²) < 4.78 is 31.6. The van der Waals surface area contributed by atoms with Crippen LogP contribution >= 0.6 is 0 Å². The van der Waals surface area contributed by atoms with Gasteiger partial charge in [-0.3, -0.25) is 9.59 Å². The molecule has 1 amide bonds. The third kappa shape index (κ3) is 4.24. The van der Waals surface area contributed by atoms with Crippen molar-refractivity contribution in [1.29, 1.82) is 0 Å². The van der Waals surface area contributed by atoms with Gasteiger partial charge in [-0.2, -0.15) is 0 Å². The number of carbonyl (C=O) groups excluding carboxylic acids is 2. The van der Waals surface area contributed by atoms with Crippen molar-refractivity contribution in [2.45, 2.75) is 30.1 Å². The maximum Gasteiger partial charge on any atom is 0.316 e. The number of hydrogen-bond acceptors (Lipinski definition) is 5. The number of ether oxygens (including phenoxy) is 1. The van der Waals surface area contributed by atoms with Crippen LogP contribution in [0.2, 0.25) is 0 Å². The molecule has 1 heterocycles. The molecule has 160 valence electrons. The monoisotopic (exact) mass is 430 g/mol. The van der Waals surface area contributed by atoms with Crippen LogP contribution in [0.5, 0.6) is 0 Å². The van der Waals surface area contributed by atoms with E-state index in [1.54, 1.807) is 11.8 Å². The molecule has 7 nitrogen and oxygen atoms in total. The fourth-order valence-electron chi connectivity index (χ4n) is 3.89. The predicted octanol–water partition coefficient (Wildman–Crippen LogP) is 2.33. The van der Waals surface area contributed by atoms with E-state index >= 15 is 0 Å². The molecule has 0 atom stereocenters. The van der Waals surface area contributed by atoms with Gasteiger partial charge in [0.25, 0.3) is 5.91 Å². The van der Waals surface area contributed by atoms with Crippen LogP contribution in [-0.4, -0.2) is 51.9 Å². The van der Waals surface area contributed by atoms with Crippen LogP contribution in [0.15, 0.2) is 59.5 Å². The molecule has 1 fully saturated rings. The lowest BCUT2D eigenvalue weighted by Gasteiger charge is -2.40.